The van der Waals surface area contributed by atoms with Gasteiger partial charge in [-0.3, -0.25) is 4.99 Å². The standard InChI is InChI=1S/C15H14ClN3S/c16-6-12-9-20-15-18-11(8-19(12)15)5-10-7-17-14-4-2-1-3-13(10)14/h1-4,7,9,11,17H,5-6,8H2/t11-/m0/s1. The van der Waals surface area contributed by atoms with Crippen LogP contribution >= 0.6 is 23.4 Å². The van der Waals surface area contributed by atoms with Crippen molar-refractivity contribution in [3.05, 3.63) is 47.1 Å². The number of para-hydroxylation sites is 1. The molecule has 1 N–H and O–H groups in total. The summed E-state index contributed by atoms with van der Waals surface area (Å²) in [6.45, 7) is 0.945. The van der Waals surface area contributed by atoms with E-state index in [-0.39, 0.29) is 0 Å². The van der Waals surface area contributed by atoms with E-state index in [1.165, 1.54) is 22.2 Å². The summed E-state index contributed by atoms with van der Waals surface area (Å²) >= 11 is 7.65. The predicted molar refractivity (Wildman–Crippen MR) is 86.3 cm³/mol. The minimum Gasteiger partial charge on any atom is -0.361 e. The van der Waals surface area contributed by atoms with Crippen LogP contribution in [0.5, 0.6) is 0 Å². The lowest BCUT2D eigenvalue weighted by molar-refractivity contribution is 0.512. The molecule has 0 bridgehead atoms. The Bertz CT molecular complexity index is 719. The van der Waals surface area contributed by atoms with Gasteiger partial charge in [0.2, 0.25) is 0 Å². The number of allylic oxidation sites excluding steroid dienone is 1. The molecule has 0 aliphatic carbocycles. The van der Waals surface area contributed by atoms with E-state index >= 15 is 0 Å². The summed E-state index contributed by atoms with van der Waals surface area (Å²) in [5, 5.41) is 4.51. The zero-order valence-electron chi connectivity index (χ0n) is 10.8. The van der Waals surface area contributed by atoms with Gasteiger partial charge in [0.15, 0.2) is 5.17 Å². The van der Waals surface area contributed by atoms with Crippen molar-refractivity contribution in [2.75, 3.05) is 12.4 Å². The summed E-state index contributed by atoms with van der Waals surface area (Å²) in [4.78, 5) is 10.4. The first-order valence-corrected chi connectivity index (χ1v) is 8.08. The average molecular weight is 304 g/mol. The van der Waals surface area contributed by atoms with Gasteiger partial charge in [0.05, 0.1) is 11.9 Å². The lowest BCUT2D eigenvalue weighted by atomic mass is 10.1. The minimum atomic E-state index is 0.323. The zero-order valence-corrected chi connectivity index (χ0v) is 12.4. The van der Waals surface area contributed by atoms with Gasteiger partial charge < -0.3 is 9.88 Å². The molecule has 5 heteroatoms. The molecule has 20 heavy (non-hydrogen) atoms. The number of aromatic amines is 1. The Morgan fingerprint density at radius 2 is 2.30 bits per heavy atom. The van der Waals surface area contributed by atoms with Crippen molar-refractivity contribution >= 4 is 39.4 Å². The largest absolute Gasteiger partial charge is 0.361 e. The number of hydrogen-bond acceptors (Lipinski definition) is 3. The second kappa shape index (κ2) is 4.86. The summed E-state index contributed by atoms with van der Waals surface area (Å²) in [6.07, 6.45) is 3.08. The van der Waals surface area contributed by atoms with Crippen molar-refractivity contribution in [3.63, 3.8) is 0 Å². The number of amidine groups is 1. The second-order valence-electron chi connectivity index (χ2n) is 5.10. The highest BCUT2D eigenvalue weighted by atomic mass is 35.5. The molecule has 0 saturated carbocycles. The number of benzene rings is 1. The third-order valence-electron chi connectivity index (χ3n) is 3.83. The van der Waals surface area contributed by atoms with E-state index < -0.39 is 0 Å². The van der Waals surface area contributed by atoms with Crippen LogP contribution < -0.4 is 0 Å². The fraction of sp³-hybridized carbons (Fsp3) is 0.267. The first-order valence-electron chi connectivity index (χ1n) is 6.67. The van der Waals surface area contributed by atoms with Crippen LogP contribution in [0.3, 0.4) is 0 Å². The Morgan fingerprint density at radius 3 is 3.20 bits per heavy atom. The number of nitrogens with one attached hydrogen (secondary N) is 1. The van der Waals surface area contributed by atoms with E-state index in [1.807, 2.05) is 0 Å². The monoisotopic (exact) mass is 303 g/mol. The van der Waals surface area contributed by atoms with E-state index in [0.29, 0.717) is 11.9 Å². The first kappa shape index (κ1) is 12.4. The van der Waals surface area contributed by atoms with Crippen LogP contribution in [0.1, 0.15) is 5.56 Å². The normalized spacial score (nSPS) is 21.2. The van der Waals surface area contributed by atoms with Crippen LogP contribution in [0, 0.1) is 0 Å². The highest BCUT2D eigenvalue weighted by molar-refractivity contribution is 8.16. The Hall–Kier alpha value is -1.39. The Balaban J connectivity index is 1.56. The summed E-state index contributed by atoms with van der Waals surface area (Å²) in [6, 6.07) is 8.75. The number of nitrogens with zero attached hydrogens (tertiary/aromatic N) is 2. The van der Waals surface area contributed by atoms with E-state index in [2.05, 4.69) is 45.8 Å². The molecule has 0 radical (unpaired) electrons. The molecule has 1 aromatic carbocycles. The molecule has 0 saturated heterocycles. The number of halogens is 1. The van der Waals surface area contributed by atoms with Crippen molar-refractivity contribution in [2.24, 2.45) is 4.99 Å². The van der Waals surface area contributed by atoms with Gasteiger partial charge in [-0.2, -0.15) is 0 Å². The van der Waals surface area contributed by atoms with Crippen LogP contribution in [0.2, 0.25) is 0 Å². The van der Waals surface area contributed by atoms with Crippen molar-refractivity contribution < 1.29 is 0 Å². The molecule has 3 heterocycles. The Labute approximate surface area is 126 Å². The third kappa shape index (κ3) is 1.95. The maximum atomic E-state index is 5.96. The molecule has 0 spiro atoms. The fourth-order valence-corrected chi connectivity index (χ4v) is 4.14. The molecule has 2 aliphatic heterocycles. The maximum absolute atomic E-state index is 5.96. The minimum absolute atomic E-state index is 0.323. The van der Waals surface area contributed by atoms with Crippen LogP contribution in [0.25, 0.3) is 10.9 Å². The number of H-pyrrole nitrogens is 1. The maximum Gasteiger partial charge on any atom is 0.168 e. The van der Waals surface area contributed by atoms with Gasteiger partial charge in [-0.25, -0.2) is 0 Å². The zero-order chi connectivity index (χ0) is 13.5. The molecular formula is C15H14ClN3S. The van der Waals surface area contributed by atoms with Gasteiger partial charge in [-0.1, -0.05) is 30.0 Å². The van der Waals surface area contributed by atoms with Crippen molar-refractivity contribution in [2.45, 2.75) is 12.5 Å². The number of aliphatic imine (C=N–C) groups is 1. The van der Waals surface area contributed by atoms with Crippen LogP contribution in [-0.4, -0.2) is 33.5 Å². The summed E-state index contributed by atoms with van der Waals surface area (Å²) in [7, 11) is 0. The van der Waals surface area contributed by atoms with E-state index in [9.17, 15) is 0 Å². The van der Waals surface area contributed by atoms with E-state index in [0.717, 1.165) is 18.1 Å². The van der Waals surface area contributed by atoms with Crippen molar-refractivity contribution in [3.8, 4) is 0 Å². The molecule has 2 aliphatic rings. The van der Waals surface area contributed by atoms with Gasteiger partial charge >= 0.3 is 0 Å². The fourth-order valence-electron chi connectivity index (χ4n) is 2.84. The molecule has 1 aromatic heterocycles. The SMILES string of the molecule is ClCC1=CSC2=N[C@@H](Cc3c[nH]c4ccccc34)CN12. The van der Waals surface area contributed by atoms with Crippen LogP contribution in [0.4, 0.5) is 0 Å². The van der Waals surface area contributed by atoms with E-state index in [4.69, 9.17) is 16.6 Å². The van der Waals surface area contributed by atoms with Crippen molar-refractivity contribution in [1.82, 2.24) is 9.88 Å². The smallest absolute Gasteiger partial charge is 0.168 e. The Morgan fingerprint density at radius 1 is 1.40 bits per heavy atom. The number of aromatic nitrogens is 1. The van der Waals surface area contributed by atoms with Crippen LogP contribution in [-0.2, 0) is 6.42 Å². The molecule has 0 amide bonds. The van der Waals surface area contributed by atoms with Gasteiger partial charge in [0, 0.05) is 29.3 Å². The molecular weight excluding hydrogens is 290 g/mol. The lowest BCUT2D eigenvalue weighted by Crippen LogP contribution is -2.25. The second-order valence-corrected chi connectivity index (χ2v) is 6.20. The number of thioether (sulfide) groups is 1. The van der Waals surface area contributed by atoms with Gasteiger partial charge in [0.25, 0.3) is 0 Å². The molecule has 0 unspecified atom stereocenters. The topological polar surface area (TPSA) is 31.4 Å². The molecule has 102 valence electrons. The van der Waals surface area contributed by atoms with Gasteiger partial charge in [-0.05, 0) is 23.5 Å². The highest BCUT2D eigenvalue weighted by Gasteiger charge is 2.31. The number of hydrogen-bond donors (Lipinski definition) is 1. The van der Waals surface area contributed by atoms with E-state index in [1.54, 1.807) is 11.8 Å². The molecule has 1 atom stereocenters. The summed E-state index contributed by atoms with van der Waals surface area (Å²) in [5.74, 6) is 0.561. The van der Waals surface area contributed by atoms with Gasteiger partial charge in [0.1, 0.15) is 0 Å². The number of rotatable bonds is 3. The van der Waals surface area contributed by atoms with Crippen LogP contribution in [0.15, 0.2) is 46.6 Å². The predicted octanol–water partition coefficient (Wildman–Crippen LogP) is 3.58. The lowest BCUT2D eigenvalue weighted by Gasteiger charge is -2.16. The number of alkyl halides is 1. The van der Waals surface area contributed by atoms with Gasteiger partial charge in [-0.15, -0.1) is 11.6 Å². The summed E-state index contributed by atoms with van der Waals surface area (Å²) < 4.78 is 0. The first-order chi connectivity index (χ1) is 9.85. The highest BCUT2D eigenvalue weighted by Crippen LogP contribution is 2.33. The Kier molecular flexibility index (Phi) is 3.00. The third-order valence-corrected chi connectivity index (χ3v) is 5.03. The molecule has 4 rings (SSSR count). The quantitative estimate of drug-likeness (QED) is 0.879. The summed E-state index contributed by atoms with van der Waals surface area (Å²) in [5.41, 5.74) is 3.72. The molecule has 3 nitrogen and oxygen atoms in total. The molecule has 2 aromatic rings. The number of fused-ring (bicyclic) bond motifs is 2. The van der Waals surface area contributed by atoms with Crippen molar-refractivity contribution in [1.29, 1.82) is 0 Å². The molecule has 0 fully saturated rings. The average Bonchev–Trinajstić information content (AvgIpc) is 3.14.